The molecule has 1 atom stereocenters. The van der Waals surface area contributed by atoms with Gasteiger partial charge in [-0.3, -0.25) is 9.98 Å². The number of aromatic nitrogens is 4. The Hall–Kier alpha value is -3.67. The Morgan fingerprint density at radius 3 is 2.94 bits per heavy atom. The number of ether oxygens (including phenoxy) is 1. The average molecular weight is 472 g/mol. The Morgan fingerprint density at radius 2 is 2.18 bits per heavy atom. The lowest BCUT2D eigenvalue weighted by atomic mass is 10.1. The number of morpholine rings is 1. The molecule has 12 heteroatoms. The van der Waals surface area contributed by atoms with Gasteiger partial charge in [0.1, 0.15) is 11.2 Å². The molecule has 0 aliphatic carbocycles. The number of hydrogen-bond acceptors (Lipinski definition) is 8. The molecule has 0 spiro atoms. The fraction of sp³-hybridized carbons (Fsp3) is 0.364. The summed E-state index contributed by atoms with van der Waals surface area (Å²) in [4.78, 5) is 19.4. The summed E-state index contributed by atoms with van der Waals surface area (Å²) in [5.74, 6) is 1.37. The zero-order valence-corrected chi connectivity index (χ0v) is 18.2. The minimum atomic E-state index is -4.46. The molecule has 5 rings (SSSR count). The number of fused-ring (bicyclic) bond motifs is 2. The quantitative estimate of drug-likeness (QED) is 0.531. The number of anilines is 2. The summed E-state index contributed by atoms with van der Waals surface area (Å²) in [7, 11) is 0. The van der Waals surface area contributed by atoms with E-state index in [0.717, 1.165) is 36.0 Å². The van der Waals surface area contributed by atoms with E-state index in [1.165, 1.54) is 18.5 Å². The van der Waals surface area contributed by atoms with Crippen LogP contribution < -0.4 is 16.0 Å². The van der Waals surface area contributed by atoms with Gasteiger partial charge < -0.3 is 25.3 Å². The maximum absolute atomic E-state index is 12.6. The summed E-state index contributed by atoms with van der Waals surface area (Å²) in [6, 6.07) is 4.52. The van der Waals surface area contributed by atoms with Crippen LogP contribution in [-0.2, 0) is 24.0 Å². The third kappa shape index (κ3) is 4.40. The molecule has 0 amide bonds. The smallest absolute Gasteiger partial charge is 0.404 e. The third-order valence-corrected chi connectivity index (χ3v) is 5.81. The highest BCUT2D eigenvalue weighted by atomic mass is 19.4. The van der Waals surface area contributed by atoms with Gasteiger partial charge in [0.05, 0.1) is 31.3 Å². The lowest BCUT2D eigenvalue weighted by Gasteiger charge is -2.40. The molecule has 2 aliphatic heterocycles. The number of hydrogen-bond donors (Lipinski definition) is 2. The SMILES string of the molecule is NC=C(C=NCc1ccc(C(F)(F)F)nc1)CNc1nc2c3c(ccn3C[C@@H]3COCCN23)n1. The van der Waals surface area contributed by atoms with Gasteiger partial charge in [-0.25, -0.2) is 4.98 Å². The van der Waals surface area contributed by atoms with Crippen LogP contribution in [0.2, 0.25) is 0 Å². The van der Waals surface area contributed by atoms with Crippen molar-refractivity contribution in [3.8, 4) is 0 Å². The van der Waals surface area contributed by atoms with Gasteiger partial charge in [0.25, 0.3) is 0 Å². The van der Waals surface area contributed by atoms with Crippen LogP contribution in [0, 0.1) is 0 Å². The topological polar surface area (TPSA) is 106 Å². The molecule has 3 aromatic rings. The van der Waals surface area contributed by atoms with Crippen molar-refractivity contribution in [3.05, 3.63) is 53.6 Å². The normalized spacial score (nSPS) is 18.5. The lowest BCUT2D eigenvalue weighted by molar-refractivity contribution is -0.141. The second-order valence-corrected chi connectivity index (χ2v) is 8.11. The molecule has 0 radical (unpaired) electrons. The third-order valence-electron chi connectivity index (χ3n) is 5.81. The highest BCUT2D eigenvalue weighted by molar-refractivity contribution is 5.89. The van der Waals surface area contributed by atoms with Gasteiger partial charge in [-0.05, 0) is 17.7 Å². The van der Waals surface area contributed by atoms with Crippen LogP contribution in [0.15, 0.2) is 47.4 Å². The molecule has 34 heavy (non-hydrogen) atoms. The van der Waals surface area contributed by atoms with E-state index in [0.29, 0.717) is 36.8 Å². The number of nitrogens with one attached hydrogen (secondary N) is 1. The fourth-order valence-electron chi connectivity index (χ4n) is 4.11. The lowest BCUT2D eigenvalue weighted by Crippen LogP contribution is -2.50. The Bertz CT molecular complexity index is 1240. The molecular formula is C22H23F3N8O. The number of aliphatic imine (C=N–C) groups is 1. The first-order chi connectivity index (χ1) is 16.4. The number of halogens is 3. The first-order valence-corrected chi connectivity index (χ1v) is 10.8. The monoisotopic (exact) mass is 472 g/mol. The molecule has 3 N–H and O–H groups in total. The first kappa shape index (κ1) is 22.1. The van der Waals surface area contributed by atoms with Gasteiger partial charge in [-0.2, -0.15) is 18.2 Å². The Kier molecular flexibility index (Phi) is 5.82. The van der Waals surface area contributed by atoms with Gasteiger partial charge in [0.2, 0.25) is 5.95 Å². The largest absolute Gasteiger partial charge is 0.433 e. The van der Waals surface area contributed by atoms with Crippen molar-refractivity contribution in [1.29, 1.82) is 0 Å². The van der Waals surface area contributed by atoms with Gasteiger partial charge >= 0.3 is 6.18 Å². The molecule has 0 saturated carbocycles. The van der Waals surface area contributed by atoms with Crippen molar-refractivity contribution in [2.75, 3.05) is 36.5 Å². The highest BCUT2D eigenvalue weighted by Crippen LogP contribution is 2.33. The standard InChI is InChI=1S/C22H23F3N8O/c23-22(24,25)18-2-1-14(10-28-18)8-27-9-15(7-26)11-29-21-30-17-3-4-32-12-16-13-34-6-5-33(16)20(31-21)19(17)32/h1-4,7,9-10,16H,5-6,8,11-13,26H2,(H,29,30,31)/t16-/m1/s1. The maximum atomic E-state index is 12.6. The highest BCUT2D eigenvalue weighted by Gasteiger charge is 2.33. The van der Waals surface area contributed by atoms with E-state index >= 15 is 0 Å². The molecule has 1 saturated heterocycles. The Labute approximate surface area is 193 Å². The summed E-state index contributed by atoms with van der Waals surface area (Å²) in [6.45, 7) is 3.47. The summed E-state index contributed by atoms with van der Waals surface area (Å²) in [5, 5.41) is 3.20. The molecule has 5 heterocycles. The molecule has 9 nitrogen and oxygen atoms in total. The van der Waals surface area contributed by atoms with Crippen LogP contribution in [0.25, 0.3) is 11.0 Å². The summed E-state index contributed by atoms with van der Waals surface area (Å²) >= 11 is 0. The van der Waals surface area contributed by atoms with Crippen LogP contribution in [-0.4, -0.2) is 58.1 Å². The van der Waals surface area contributed by atoms with Crippen molar-refractivity contribution in [3.63, 3.8) is 0 Å². The van der Waals surface area contributed by atoms with E-state index in [1.807, 2.05) is 12.3 Å². The molecule has 3 aromatic heterocycles. The summed E-state index contributed by atoms with van der Waals surface area (Å²) in [6.07, 6.45) is 1.72. The molecule has 1 fully saturated rings. The molecular weight excluding hydrogens is 449 g/mol. The first-order valence-electron chi connectivity index (χ1n) is 10.8. The fourth-order valence-corrected chi connectivity index (χ4v) is 4.11. The van der Waals surface area contributed by atoms with Crippen molar-refractivity contribution >= 4 is 29.0 Å². The van der Waals surface area contributed by atoms with Crippen molar-refractivity contribution in [1.82, 2.24) is 19.5 Å². The van der Waals surface area contributed by atoms with E-state index < -0.39 is 11.9 Å². The van der Waals surface area contributed by atoms with Crippen molar-refractivity contribution in [2.24, 2.45) is 10.7 Å². The molecule has 178 valence electrons. The van der Waals surface area contributed by atoms with Crippen molar-refractivity contribution < 1.29 is 17.9 Å². The van der Waals surface area contributed by atoms with Crippen LogP contribution in [0.1, 0.15) is 11.3 Å². The van der Waals surface area contributed by atoms with Crippen LogP contribution in [0.5, 0.6) is 0 Å². The number of nitrogens with two attached hydrogens (primary N) is 1. The average Bonchev–Trinajstić information content (AvgIpc) is 3.24. The second-order valence-electron chi connectivity index (χ2n) is 8.11. The van der Waals surface area contributed by atoms with Gasteiger partial charge in [-0.1, -0.05) is 6.07 Å². The summed E-state index contributed by atoms with van der Waals surface area (Å²) < 4.78 is 45.7. The zero-order valence-electron chi connectivity index (χ0n) is 18.2. The second kappa shape index (κ2) is 8.93. The van der Waals surface area contributed by atoms with E-state index in [-0.39, 0.29) is 12.6 Å². The Balaban J connectivity index is 1.25. The van der Waals surface area contributed by atoms with Gasteiger partial charge in [-0.15, -0.1) is 0 Å². The number of alkyl halides is 3. The van der Waals surface area contributed by atoms with Crippen LogP contribution >= 0.6 is 0 Å². The van der Waals surface area contributed by atoms with Gasteiger partial charge in [0, 0.05) is 50.0 Å². The molecule has 0 unspecified atom stereocenters. The van der Waals surface area contributed by atoms with Gasteiger partial charge in [0.15, 0.2) is 5.82 Å². The number of rotatable bonds is 6. The predicted octanol–water partition coefficient (Wildman–Crippen LogP) is 2.59. The molecule has 0 aromatic carbocycles. The van der Waals surface area contributed by atoms with E-state index in [1.54, 1.807) is 6.21 Å². The maximum Gasteiger partial charge on any atom is 0.433 e. The van der Waals surface area contributed by atoms with Crippen LogP contribution in [0.4, 0.5) is 24.9 Å². The number of nitrogens with zero attached hydrogens (tertiary/aromatic N) is 6. The minimum absolute atomic E-state index is 0.182. The van der Waals surface area contributed by atoms with E-state index in [4.69, 9.17) is 15.5 Å². The van der Waals surface area contributed by atoms with Crippen molar-refractivity contribution in [2.45, 2.75) is 25.3 Å². The molecule has 0 bridgehead atoms. The van der Waals surface area contributed by atoms with E-state index in [2.05, 4.69) is 29.7 Å². The predicted molar refractivity (Wildman–Crippen MR) is 122 cm³/mol. The number of pyridine rings is 1. The Morgan fingerprint density at radius 1 is 1.29 bits per heavy atom. The zero-order chi connectivity index (χ0) is 23.7. The van der Waals surface area contributed by atoms with E-state index in [9.17, 15) is 13.2 Å². The molecule has 2 aliphatic rings. The van der Waals surface area contributed by atoms with Crippen LogP contribution in [0.3, 0.4) is 0 Å². The summed E-state index contributed by atoms with van der Waals surface area (Å²) in [5.41, 5.74) is 7.92. The minimum Gasteiger partial charge on any atom is -0.404 e.